The van der Waals surface area contributed by atoms with E-state index in [9.17, 15) is 16.8 Å². The van der Waals surface area contributed by atoms with Crippen molar-refractivity contribution in [1.29, 1.82) is 0 Å². The third-order valence-electron chi connectivity index (χ3n) is 3.96. The highest BCUT2D eigenvalue weighted by Crippen LogP contribution is 2.24. The first-order valence-corrected chi connectivity index (χ1v) is 11.3. The topological polar surface area (TPSA) is 83.6 Å². The van der Waals surface area contributed by atoms with Gasteiger partial charge in [-0.2, -0.15) is 0 Å². The number of para-hydroxylation sites is 1. The number of sulfone groups is 1. The summed E-state index contributed by atoms with van der Waals surface area (Å²) in [6, 6.07) is 6.89. The van der Waals surface area contributed by atoms with Gasteiger partial charge in [-0.05, 0) is 31.4 Å². The zero-order valence-corrected chi connectivity index (χ0v) is 15.2. The molecule has 0 saturated carbocycles. The molecular formula is C15H24N2O4S2. The van der Waals surface area contributed by atoms with Gasteiger partial charge in [0.15, 0.2) is 9.84 Å². The number of hydrogen-bond donors (Lipinski definition) is 1. The largest absolute Gasteiger partial charge is 0.381 e. The van der Waals surface area contributed by atoms with E-state index in [1.54, 1.807) is 24.3 Å². The lowest BCUT2D eigenvalue weighted by atomic mass is 10.1. The summed E-state index contributed by atoms with van der Waals surface area (Å²) in [6.07, 6.45) is 3.14. The standard InChI is InChI=1S/C15H24N2O4S2/c1-3-12-23(20,21)17-10-8-13(9-11-17)16-14-6-4-5-7-15(14)22(2,18)19/h4-7,13,16H,3,8-12H2,1-2H3. The summed E-state index contributed by atoms with van der Waals surface area (Å²) in [5.41, 5.74) is 0.588. The van der Waals surface area contributed by atoms with Crippen LogP contribution >= 0.6 is 0 Å². The van der Waals surface area contributed by atoms with Gasteiger partial charge in [-0.3, -0.25) is 0 Å². The summed E-state index contributed by atoms with van der Waals surface area (Å²) in [6.45, 7) is 2.80. The molecule has 0 unspecified atom stereocenters. The molecule has 1 aromatic rings. The van der Waals surface area contributed by atoms with E-state index in [0.717, 1.165) is 0 Å². The molecular weight excluding hydrogens is 336 g/mol. The van der Waals surface area contributed by atoms with Crippen molar-refractivity contribution < 1.29 is 16.8 Å². The van der Waals surface area contributed by atoms with Crippen molar-refractivity contribution >= 4 is 25.5 Å². The lowest BCUT2D eigenvalue weighted by Crippen LogP contribution is -2.43. The van der Waals surface area contributed by atoms with Crippen LogP contribution in [0.2, 0.25) is 0 Å². The van der Waals surface area contributed by atoms with E-state index < -0.39 is 19.9 Å². The Morgan fingerprint density at radius 2 is 1.74 bits per heavy atom. The minimum Gasteiger partial charge on any atom is -0.381 e. The van der Waals surface area contributed by atoms with Crippen LogP contribution in [0.15, 0.2) is 29.2 Å². The highest BCUT2D eigenvalue weighted by molar-refractivity contribution is 7.91. The molecule has 23 heavy (non-hydrogen) atoms. The SMILES string of the molecule is CCCS(=O)(=O)N1CCC(Nc2ccccc2S(C)(=O)=O)CC1. The first kappa shape index (κ1) is 18.2. The van der Waals surface area contributed by atoms with Gasteiger partial charge in [0, 0.05) is 25.4 Å². The molecule has 1 aromatic carbocycles. The van der Waals surface area contributed by atoms with Gasteiger partial charge < -0.3 is 5.32 Å². The van der Waals surface area contributed by atoms with Gasteiger partial charge in [0.05, 0.1) is 16.3 Å². The van der Waals surface area contributed by atoms with Crippen molar-refractivity contribution in [3.8, 4) is 0 Å². The number of hydrogen-bond acceptors (Lipinski definition) is 5. The molecule has 0 atom stereocenters. The summed E-state index contributed by atoms with van der Waals surface area (Å²) in [5.74, 6) is 0.183. The molecule has 130 valence electrons. The lowest BCUT2D eigenvalue weighted by molar-refractivity contribution is 0.329. The molecule has 8 heteroatoms. The van der Waals surface area contributed by atoms with Gasteiger partial charge in [0.1, 0.15) is 0 Å². The Hall–Kier alpha value is -1.12. The normalized spacial score (nSPS) is 18.0. The Morgan fingerprint density at radius 3 is 2.30 bits per heavy atom. The molecule has 0 spiro atoms. The van der Waals surface area contributed by atoms with Crippen LogP contribution in [0, 0.1) is 0 Å². The molecule has 1 saturated heterocycles. The Kier molecular flexibility index (Phi) is 5.70. The third kappa shape index (κ3) is 4.68. The summed E-state index contributed by atoms with van der Waals surface area (Å²) in [4.78, 5) is 0.279. The summed E-state index contributed by atoms with van der Waals surface area (Å²) >= 11 is 0. The van der Waals surface area contributed by atoms with E-state index in [-0.39, 0.29) is 16.7 Å². The fourth-order valence-electron chi connectivity index (χ4n) is 2.79. The molecule has 1 aliphatic rings. The average Bonchev–Trinajstić information content (AvgIpc) is 2.47. The van der Waals surface area contributed by atoms with Gasteiger partial charge in [0.2, 0.25) is 10.0 Å². The van der Waals surface area contributed by atoms with Crippen LogP contribution in [0.4, 0.5) is 5.69 Å². The monoisotopic (exact) mass is 360 g/mol. The highest BCUT2D eigenvalue weighted by atomic mass is 32.2. The van der Waals surface area contributed by atoms with E-state index >= 15 is 0 Å². The average molecular weight is 361 g/mol. The lowest BCUT2D eigenvalue weighted by Gasteiger charge is -2.32. The van der Waals surface area contributed by atoms with Crippen LogP contribution in [-0.2, 0) is 19.9 Å². The number of rotatable bonds is 6. The highest BCUT2D eigenvalue weighted by Gasteiger charge is 2.27. The van der Waals surface area contributed by atoms with Crippen molar-refractivity contribution in [3.63, 3.8) is 0 Å². The van der Waals surface area contributed by atoms with E-state index in [0.29, 0.717) is 38.0 Å². The molecule has 6 nitrogen and oxygen atoms in total. The third-order valence-corrected chi connectivity index (χ3v) is 7.19. The van der Waals surface area contributed by atoms with Crippen LogP contribution in [0.3, 0.4) is 0 Å². The van der Waals surface area contributed by atoms with Crippen molar-refractivity contribution in [1.82, 2.24) is 4.31 Å². The molecule has 0 radical (unpaired) electrons. The number of piperidine rings is 1. The molecule has 1 aliphatic heterocycles. The Balaban J connectivity index is 2.03. The van der Waals surface area contributed by atoms with Crippen molar-refractivity contribution in [3.05, 3.63) is 24.3 Å². The van der Waals surface area contributed by atoms with E-state index in [1.807, 2.05) is 6.92 Å². The fraction of sp³-hybridized carbons (Fsp3) is 0.600. The molecule has 0 bridgehead atoms. The van der Waals surface area contributed by atoms with Crippen molar-refractivity contribution in [2.24, 2.45) is 0 Å². The maximum Gasteiger partial charge on any atom is 0.214 e. The predicted molar refractivity (Wildman–Crippen MR) is 91.8 cm³/mol. The second kappa shape index (κ2) is 7.19. The first-order valence-electron chi connectivity index (χ1n) is 7.77. The molecule has 0 aliphatic carbocycles. The van der Waals surface area contributed by atoms with Gasteiger partial charge in [-0.25, -0.2) is 21.1 Å². The molecule has 2 rings (SSSR count). The Bertz CT molecular complexity index is 736. The van der Waals surface area contributed by atoms with Gasteiger partial charge in [-0.1, -0.05) is 19.1 Å². The van der Waals surface area contributed by atoms with Gasteiger partial charge in [0.25, 0.3) is 0 Å². The second-order valence-electron chi connectivity index (χ2n) is 5.90. The van der Waals surface area contributed by atoms with Crippen LogP contribution < -0.4 is 5.32 Å². The molecule has 0 aromatic heterocycles. The minimum atomic E-state index is -3.29. The quantitative estimate of drug-likeness (QED) is 0.835. The van der Waals surface area contributed by atoms with Crippen molar-refractivity contribution in [2.75, 3.05) is 30.4 Å². The van der Waals surface area contributed by atoms with Crippen LogP contribution in [0.1, 0.15) is 26.2 Å². The molecule has 1 fully saturated rings. The molecule has 0 amide bonds. The Morgan fingerprint density at radius 1 is 1.13 bits per heavy atom. The molecule has 1 N–H and O–H groups in total. The van der Waals surface area contributed by atoms with Gasteiger partial charge in [-0.15, -0.1) is 0 Å². The summed E-state index contributed by atoms with van der Waals surface area (Å²) < 4.78 is 49.3. The molecule has 1 heterocycles. The zero-order chi connectivity index (χ0) is 17.1. The summed E-state index contributed by atoms with van der Waals surface area (Å²) in [7, 11) is -6.45. The maximum absolute atomic E-state index is 12.1. The minimum absolute atomic E-state index is 0.0750. The van der Waals surface area contributed by atoms with Crippen LogP contribution in [0.5, 0.6) is 0 Å². The smallest absolute Gasteiger partial charge is 0.214 e. The van der Waals surface area contributed by atoms with Crippen molar-refractivity contribution in [2.45, 2.75) is 37.1 Å². The number of sulfonamides is 1. The van der Waals surface area contributed by atoms with Crippen LogP contribution in [-0.4, -0.2) is 52.3 Å². The number of nitrogens with zero attached hydrogens (tertiary/aromatic N) is 1. The van der Waals surface area contributed by atoms with E-state index in [2.05, 4.69) is 5.32 Å². The van der Waals surface area contributed by atoms with E-state index in [4.69, 9.17) is 0 Å². The van der Waals surface area contributed by atoms with E-state index in [1.165, 1.54) is 10.6 Å². The first-order chi connectivity index (χ1) is 10.7. The predicted octanol–water partition coefficient (Wildman–Crippen LogP) is 1.71. The van der Waals surface area contributed by atoms with Crippen LogP contribution in [0.25, 0.3) is 0 Å². The maximum atomic E-state index is 12.1. The second-order valence-corrected chi connectivity index (χ2v) is 9.97. The fourth-order valence-corrected chi connectivity index (χ4v) is 5.19. The summed E-state index contributed by atoms with van der Waals surface area (Å²) in [5, 5.41) is 3.26. The number of benzene rings is 1. The Labute approximate surface area is 138 Å². The zero-order valence-electron chi connectivity index (χ0n) is 13.5. The van der Waals surface area contributed by atoms with Gasteiger partial charge >= 0.3 is 0 Å². The number of nitrogens with one attached hydrogen (secondary N) is 1. The number of anilines is 1.